The lowest BCUT2D eigenvalue weighted by Gasteiger charge is -2.31. The Morgan fingerprint density at radius 3 is 2.62 bits per heavy atom. The summed E-state index contributed by atoms with van der Waals surface area (Å²) in [6, 6.07) is 2.80. The van der Waals surface area contributed by atoms with Crippen molar-refractivity contribution in [2.24, 2.45) is 12.5 Å². The normalized spacial score (nSPS) is 19.3. The smallest absolute Gasteiger partial charge is 0.376 e. The van der Waals surface area contributed by atoms with Crippen LogP contribution in [0.5, 0.6) is 0 Å². The van der Waals surface area contributed by atoms with Crippen molar-refractivity contribution in [1.82, 2.24) is 14.9 Å². The molecule has 2 atom stereocenters. The van der Waals surface area contributed by atoms with Gasteiger partial charge in [0, 0.05) is 13.5 Å². The minimum absolute atomic E-state index is 0.181. The van der Waals surface area contributed by atoms with Gasteiger partial charge in [0.05, 0.1) is 36.4 Å². The van der Waals surface area contributed by atoms with Gasteiger partial charge in [-0.1, -0.05) is 20.8 Å². The summed E-state index contributed by atoms with van der Waals surface area (Å²) in [4.78, 5) is 17.0. The predicted octanol–water partition coefficient (Wildman–Crippen LogP) is 3.60. The van der Waals surface area contributed by atoms with Gasteiger partial charge in [-0.15, -0.1) is 0 Å². The first-order chi connectivity index (χ1) is 13.5. The number of alkyl halides is 3. The van der Waals surface area contributed by atoms with Crippen molar-refractivity contribution in [2.45, 2.75) is 45.5 Å². The maximum absolute atomic E-state index is 13.1. The third kappa shape index (κ3) is 5.08. The topological polar surface area (TPSA) is 65.4 Å². The molecule has 1 N–H and O–H groups in total. The highest BCUT2D eigenvalue weighted by molar-refractivity contribution is 5.79. The number of amides is 1. The zero-order valence-corrected chi connectivity index (χ0v) is 17.0. The number of nitrogens with zero attached hydrogens (tertiary/aromatic N) is 2. The molecule has 3 rings (SSSR count). The third-order valence-electron chi connectivity index (χ3n) is 4.74. The van der Waals surface area contributed by atoms with E-state index in [1.165, 1.54) is 6.07 Å². The van der Waals surface area contributed by atoms with Gasteiger partial charge in [0.1, 0.15) is 18.0 Å². The zero-order valence-electron chi connectivity index (χ0n) is 17.0. The Bertz CT molecular complexity index is 881. The molecule has 0 saturated carbocycles. The van der Waals surface area contributed by atoms with Crippen molar-refractivity contribution >= 4 is 16.9 Å². The van der Waals surface area contributed by atoms with Gasteiger partial charge in [0.25, 0.3) is 0 Å². The monoisotopic (exact) mass is 413 g/mol. The van der Waals surface area contributed by atoms with E-state index in [1.54, 1.807) is 11.6 Å². The molecule has 1 amide bonds. The number of rotatable bonds is 4. The Labute approximate surface area is 167 Å². The molecule has 1 aromatic heterocycles. The van der Waals surface area contributed by atoms with Crippen molar-refractivity contribution in [1.29, 1.82) is 0 Å². The van der Waals surface area contributed by atoms with Crippen LogP contribution in [-0.4, -0.2) is 41.4 Å². The molecule has 0 aliphatic carbocycles. The van der Waals surface area contributed by atoms with Gasteiger partial charge in [-0.3, -0.25) is 4.79 Å². The number of imidazole rings is 1. The molecule has 0 spiro atoms. The first kappa shape index (κ1) is 21.6. The Kier molecular flexibility index (Phi) is 5.91. The number of aryl methyl sites for hydroxylation is 1. The molecule has 160 valence electrons. The zero-order chi connectivity index (χ0) is 21.4. The van der Waals surface area contributed by atoms with E-state index in [2.05, 4.69) is 10.3 Å². The molecular formula is C20H26F3N3O3. The summed E-state index contributed by atoms with van der Waals surface area (Å²) >= 11 is 0. The molecule has 0 bridgehead atoms. The number of hydrogen-bond acceptors (Lipinski definition) is 4. The Balaban J connectivity index is 1.98. The molecule has 6 nitrogen and oxygen atoms in total. The first-order valence-electron chi connectivity index (χ1n) is 9.48. The number of fused-ring (bicyclic) bond motifs is 1. The minimum Gasteiger partial charge on any atom is -0.376 e. The number of nitrogens with one attached hydrogen (secondary N) is 1. The molecule has 1 aliphatic heterocycles. The lowest BCUT2D eigenvalue weighted by Crippen LogP contribution is -2.44. The number of benzene rings is 1. The van der Waals surface area contributed by atoms with Crippen molar-refractivity contribution < 1.29 is 27.4 Å². The summed E-state index contributed by atoms with van der Waals surface area (Å²) in [5.41, 5.74) is -0.226. The van der Waals surface area contributed by atoms with Gasteiger partial charge in [-0.25, -0.2) is 4.98 Å². The molecular weight excluding hydrogens is 387 g/mol. The van der Waals surface area contributed by atoms with E-state index in [0.29, 0.717) is 31.0 Å². The van der Waals surface area contributed by atoms with Gasteiger partial charge < -0.3 is 19.4 Å². The number of carbonyl (C=O) groups is 1. The molecule has 1 aliphatic rings. The molecule has 0 unspecified atom stereocenters. The molecule has 1 saturated heterocycles. The molecule has 1 aromatic carbocycles. The summed E-state index contributed by atoms with van der Waals surface area (Å²) in [6.07, 6.45) is -4.64. The second-order valence-corrected chi connectivity index (χ2v) is 8.50. The van der Waals surface area contributed by atoms with E-state index in [1.807, 2.05) is 20.8 Å². The first-order valence-corrected chi connectivity index (χ1v) is 9.48. The van der Waals surface area contributed by atoms with Gasteiger partial charge in [0.2, 0.25) is 5.91 Å². The van der Waals surface area contributed by atoms with Crippen LogP contribution < -0.4 is 5.32 Å². The van der Waals surface area contributed by atoms with Crippen molar-refractivity contribution in [3.8, 4) is 0 Å². The number of aromatic nitrogens is 2. The van der Waals surface area contributed by atoms with Crippen LogP contribution in [0.3, 0.4) is 0 Å². The maximum atomic E-state index is 13.1. The number of halogens is 3. The highest BCUT2D eigenvalue weighted by Gasteiger charge is 2.34. The van der Waals surface area contributed by atoms with E-state index in [9.17, 15) is 18.0 Å². The Morgan fingerprint density at radius 2 is 2.03 bits per heavy atom. The van der Waals surface area contributed by atoms with Gasteiger partial charge in [-0.05, 0) is 23.6 Å². The molecule has 2 heterocycles. The van der Waals surface area contributed by atoms with Gasteiger partial charge in [0.15, 0.2) is 0 Å². The van der Waals surface area contributed by atoms with Crippen molar-refractivity contribution in [3.63, 3.8) is 0 Å². The average molecular weight is 413 g/mol. The van der Waals surface area contributed by atoms with Crippen LogP contribution in [0.4, 0.5) is 13.2 Å². The van der Waals surface area contributed by atoms with Crippen LogP contribution >= 0.6 is 0 Å². The molecule has 0 radical (unpaired) electrons. The highest BCUT2D eigenvalue weighted by atomic mass is 19.4. The van der Waals surface area contributed by atoms with E-state index < -0.39 is 23.9 Å². The highest BCUT2D eigenvalue weighted by Crippen LogP contribution is 2.33. The fraction of sp³-hybridized carbons (Fsp3) is 0.600. The minimum atomic E-state index is -4.45. The van der Waals surface area contributed by atoms with Crippen molar-refractivity contribution in [2.75, 3.05) is 19.8 Å². The molecule has 2 aromatic rings. The maximum Gasteiger partial charge on any atom is 0.416 e. The summed E-state index contributed by atoms with van der Waals surface area (Å²) in [5, 5.41) is 2.96. The quantitative estimate of drug-likeness (QED) is 0.832. The largest absolute Gasteiger partial charge is 0.416 e. The van der Waals surface area contributed by atoms with Gasteiger partial charge >= 0.3 is 6.18 Å². The van der Waals surface area contributed by atoms with Crippen molar-refractivity contribution in [3.05, 3.63) is 29.6 Å². The van der Waals surface area contributed by atoms with E-state index >= 15 is 0 Å². The fourth-order valence-electron chi connectivity index (χ4n) is 3.40. The van der Waals surface area contributed by atoms with Crippen LogP contribution in [0, 0.1) is 5.41 Å². The fourth-order valence-corrected chi connectivity index (χ4v) is 3.40. The van der Waals surface area contributed by atoms with Crippen LogP contribution in [0.1, 0.15) is 44.6 Å². The summed E-state index contributed by atoms with van der Waals surface area (Å²) < 4.78 is 52.2. The molecule has 9 heteroatoms. The summed E-state index contributed by atoms with van der Waals surface area (Å²) in [7, 11) is 1.71. The average Bonchev–Trinajstić information content (AvgIpc) is 2.94. The number of hydrogen-bond donors (Lipinski definition) is 1. The van der Waals surface area contributed by atoms with Crippen LogP contribution in [0.25, 0.3) is 11.0 Å². The van der Waals surface area contributed by atoms with Crippen LogP contribution in [0.2, 0.25) is 0 Å². The Morgan fingerprint density at radius 1 is 1.31 bits per heavy atom. The molecule has 29 heavy (non-hydrogen) atoms. The summed E-state index contributed by atoms with van der Waals surface area (Å²) in [5.74, 6) is 0.247. The predicted molar refractivity (Wildman–Crippen MR) is 101 cm³/mol. The van der Waals surface area contributed by atoms with E-state index in [4.69, 9.17) is 9.47 Å². The lowest BCUT2D eigenvalue weighted by atomic mass is 9.91. The summed E-state index contributed by atoms with van der Waals surface area (Å²) in [6.45, 7) is 6.95. The Hall–Kier alpha value is -2.13. The molecule has 1 fully saturated rings. The number of carbonyl (C=O) groups excluding carboxylic acids is 1. The standard InChI is InChI=1S/C20H26F3N3O3/c1-19(2,3)10-16(27)25-17(15-11-28-7-8-29-15)18-24-13-9-12(20(21,22)23)5-6-14(13)26(18)4/h5-6,9,15,17H,7-8,10-11H2,1-4H3,(H,25,27)/t15-,17+/m1/s1. The SMILES string of the molecule is Cn1c([C@@H](NC(=O)CC(C)(C)C)[C@H]2COCCO2)nc2cc(C(F)(F)F)ccc21. The lowest BCUT2D eigenvalue weighted by molar-refractivity contribution is -0.137. The number of ether oxygens (including phenoxy) is 2. The van der Waals surface area contributed by atoms with Gasteiger partial charge in [-0.2, -0.15) is 13.2 Å². The van der Waals surface area contributed by atoms with E-state index in [0.717, 1.165) is 12.1 Å². The van der Waals surface area contributed by atoms with E-state index in [-0.39, 0.29) is 23.4 Å². The van der Waals surface area contributed by atoms with Crippen LogP contribution in [0.15, 0.2) is 18.2 Å². The third-order valence-corrected chi connectivity index (χ3v) is 4.74. The second-order valence-electron chi connectivity index (χ2n) is 8.50. The van der Waals surface area contributed by atoms with Crippen LogP contribution in [-0.2, 0) is 27.5 Å². The second kappa shape index (κ2) is 7.95.